The van der Waals surface area contributed by atoms with E-state index in [0.717, 1.165) is 5.56 Å². The van der Waals surface area contributed by atoms with Crippen molar-refractivity contribution in [2.45, 2.75) is 13.5 Å². The summed E-state index contributed by atoms with van der Waals surface area (Å²) >= 11 is 0. The molecule has 1 heterocycles. The first-order valence-electron chi connectivity index (χ1n) is 7.74. The van der Waals surface area contributed by atoms with Crippen molar-refractivity contribution >= 4 is 17.5 Å². The van der Waals surface area contributed by atoms with E-state index in [0.29, 0.717) is 22.9 Å². The van der Waals surface area contributed by atoms with Crippen molar-refractivity contribution in [1.29, 1.82) is 0 Å². The van der Waals surface area contributed by atoms with Crippen LogP contribution in [0, 0.1) is 0 Å². The number of carbonyl (C=O) groups is 2. The van der Waals surface area contributed by atoms with E-state index in [4.69, 9.17) is 0 Å². The first-order chi connectivity index (χ1) is 12.1. The third-order valence-corrected chi connectivity index (χ3v) is 3.43. The van der Waals surface area contributed by atoms with Crippen molar-refractivity contribution in [3.05, 3.63) is 66.0 Å². The summed E-state index contributed by atoms with van der Waals surface area (Å²) in [5.41, 5.74) is 1.93. The number of amides is 2. The Morgan fingerprint density at radius 3 is 2.64 bits per heavy atom. The quantitative estimate of drug-likeness (QED) is 0.666. The number of rotatable bonds is 5. The fourth-order valence-corrected chi connectivity index (χ4v) is 2.30. The number of H-pyrrole nitrogens is 1. The maximum atomic E-state index is 12.2. The normalized spacial score (nSPS) is 10.3. The Bertz CT molecular complexity index is 889. The van der Waals surface area contributed by atoms with Gasteiger partial charge in [0.25, 0.3) is 5.91 Å². The topological polar surface area (TPSA) is 99.8 Å². The molecule has 2 aromatic carbocycles. The number of benzene rings is 2. The zero-order valence-corrected chi connectivity index (χ0v) is 13.6. The van der Waals surface area contributed by atoms with Crippen LogP contribution in [0.25, 0.3) is 11.4 Å². The third kappa shape index (κ3) is 4.29. The van der Waals surface area contributed by atoms with E-state index in [1.807, 2.05) is 30.3 Å². The number of aromatic amines is 1. The van der Waals surface area contributed by atoms with E-state index in [2.05, 4.69) is 25.8 Å². The lowest BCUT2D eigenvalue weighted by molar-refractivity contribution is -0.114. The molecule has 0 saturated carbocycles. The van der Waals surface area contributed by atoms with Crippen molar-refractivity contribution in [2.24, 2.45) is 0 Å². The summed E-state index contributed by atoms with van der Waals surface area (Å²) in [5, 5.41) is 12.4. The summed E-state index contributed by atoms with van der Waals surface area (Å²) in [4.78, 5) is 27.7. The van der Waals surface area contributed by atoms with Gasteiger partial charge in [0, 0.05) is 23.7 Å². The number of hydrogen-bond donors (Lipinski definition) is 3. The predicted molar refractivity (Wildman–Crippen MR) is 93.7 cm³/mol. The largest absolute Gasteiger partial charge is 0.345 e. The summed E-state index contributed by atoms with van der Waals surface area (Å²) in [6.07, 6.45) is 0. The highest BCUT2D eigenvalue weighted by Gasteiger charge is 2.09. The summed E-state index contributed by atoms with van der Waals surface area (Å²) in [6, 6.07) is 16.3. The molecular formula is C18H17N5O2. The van der Waals surface area contributed by atoms with Gasteiger partial charge >= 0.3 is 0 Å². The van der Waals surface area contributed by atoms with Crippen LogP contribution in [-0.2, 0) is 11.3 Å². The maximum absolute atomic E-state index is 12.2. The molecule has 0 fully saturated rings. The Morgan fingerprint density at radius 1 is 1.08 bits per heavy atom. The van der Waals surface area contributed by atoms with Gasteiger partial charge in [-0.3, -0.25) is 14.7 Å². The zero-order valence-electron chi connectivity index (χ0n) is 13.6. The minimum Gasteiger partial charge on any atom is -0.345 e. The van der Waals surface area contributed by atoms with E-state index >= 15 is 0 Å². The molecule has 0 aliphatic heterocycles. The first-order valence-corrected chi connectivity index (χ1v) is 7.74. The molecule has 25 heavy (non-hydrogen) atoms. The van der Waals surface area contributed by atoms with Gasteiger partial charge in [-0.2, -0.15) is 5.10 Å². The van der Waals surface area contributed by atoms with Gasteiger partial charge in [-0.15, -0.1) is 0 Å². The van der Waals surface area contributed by atoms with E-state index in [1.165, 1.54) is 6.92 Å². The van der Waals surface area contributed by atoms with Crippen LogP contribution in [0.2, 0.25) is 0 Å². The van der Waals surface area contributed by atoms with Gasteiger partial charge in [-0.25, -0.2) is 4.98 Å². The molecule has 0 aliphatic carbocycles. The fraction of sp³-hybridized carbons (Fsp3) is 0.111. The van der Waals surface area contributed by atoms with Crippen LogP contribution in [0.15, 0.2) is 54.6 Å². The van der Waals surface area contributed by atoms with Gasteiger partial charge in [0.15, 0.2) is 5.82 Å². The van der Waals surface area contributed by atoms with Crippen molar-refractivity contribution in [3.63, 3.8) is 0 Å². The van der Waals surface area contributed by atoms with E-state index in [-0.39, 0.29) is 18.4 Å². The smallest absolute Gasteiger partial charge is 0.251 e. The second kappa shape index (κ2) is 7.39. The van der Waals surface area contributed by atoms with Crippen LogP contribution in [-0.4, -0.2) is 27.0 Å². The molecule has 0 radical (unpaired) electrons. The average Bonchev–Trinajstić information content (AvgIpc) is 3.09. The van der Waals surface area contributed by atoms with Gasteiger partial charge in [0.1, 0.15) is 5.82 Å². The van der Waals surface area contributed by atoms with Crippen LogP contribution in [0.4, 0.5) is 5.69 Å². The van der Waals surface area contributed by atoms with E-state index < -0.39 is 0 Å². The van der Waals surface area contributed by atoms with Gasteiger partial charge in [-0.1, -0.05) is 36.4 Å². The molecule has 7 heteroatoms. The Kier molecular flexibility index (Phi) is 4.84. The predicted octanol–water partition coefficient (Wildman–Crippen LogP) is 2.36. The zero-order chi connectivity index (χ0) is 17.6. The van der Waals surface area contributed by atoms with Crippen LogP contribution in [0.3, 0.4) is 0 Å². The number of nitrogens with zero attached hydrogens (tertiary/aromatic N) is 2. The summed E-state index contributed by atoms with van der Waals surface area (Å²) in [7, 11) is 0. The van der Waals surface area contributed by atoms with Crippen LogP contribution < -0.4 is 10.6 Å². The summed E-state index contributed by atoms with van der Waals surface area (Å²) < 4.78 is 0. The van der Waals surface area contributed by atoms with E-state index in [1.54, 1.807) is 24.3 Å². The number of carbonyl (C=O) groups excluding carboxylic acids is 2. The molecular weight excluding hydrogens is 318 g/mol. The van der Waals surface area contributed by atoms with Gasteiger partial charge in [0.05, 0.1) is 6.54 Å². The molecule has 0 unspecified atom stereocenters. The van der Waals surface area contributed by atoms with Crippen LogP contribution in [0.5, 0.6) is 0 Å². The fourth-order valence-electron chi connectivity index (χ4n) is 2.30. The molecule has 3 N–H and O–H groups in total. The maximum Gasteiger partial charge on any atom is 0.251 e. The first kappa shape index (κ1) is 16.4. The lowest BCUT2D eigenvalue weighted by Crippen LogP contribution is -2.23. The van der Waals surface area contributed by atoms with E-state index in [9.17, 15) is 9.59 Å². The number of aromatic nitrogens is 3. The van der Waals surface area contributed by atoms with Gasteiger partial charge < -0.3 is 10.6 Å². The molecule has 3 rings (SSSR count). The Morgan fingerprint density at radius 2 is 1.88 bits per heavy atom. The lowest BCUT2D eigenvalue weighted by Gasteiger charge is -2.06. The van der Waals surface area contributed by atoms with Crippen LogP contribution >= 0.6 is 0 Å². The number of nitrogens with one attached hydrogen (secondary N) is 3. The van der Waals surface area contributed by atoms with Gasteiger partial charge in [0.2, 0.25) is 5.91 Å². The molecule has 126 valence electrons. The monoisotopic (exact) mass is 335 g/mol. The Balaban J connectivity index is 1.63. The highest BCUT2D eigenvalue weighted by molar-refractivity contribution is 5.96. The molecule has 1 aromatic heterocycles. The molecule has 0 atom stereocenters. The Labute approximate surface area is 144 Å². The summed E-state index contributed by atoms with van der Waals surface area (Å²) in [6.45, 7) is 1.64. The molecule has 7 nitrogen and oxygen atoms in total. The highest BCUT2D eigenvalue weighted by Crippen LogP contribution is 2.13. The van der Waals surface area contributed by atoms with Gasteiger partial charge in [-0.05, 0) is 18.2 Å². The van der Waals surface area contributed by atoms with Crippen molar-refractivity contribution < 1.29 is 9.59 Å². The number of anilines is 1. The van der Waals surface area contributed by atoms with Crippen molar-refractivity contribution in [1.82, 2.24) is 20.5 Å². The summed E-state index contributed by atoms with van der Waals surface area (Å²) in [5.74, 6) is 0.695. The molecule has 0 bridgehead atoms. The van der Waals surface area contributed by atoms with Crippen molar-refractivity contribution in [3.8, 4) is 11.4 Å². The molecule has 0 saturated heterocycles. The van der Waals surface area contributed by atoms with Crippen LogP contribution in [0.1, 0.15) is 23.1 Å². The standard InChI is InChI=1S/C18H17N5O2/c1-12(24)20-15-9-5-8-14(10-15)18(25)19-11-16-21-17(23-22-16)13-6-3-2-4-7-13/h2-10H,11H2,1H3,(H,19,25)(H,20,24)(H,21,22,23). The molecule has 2 amide bonds. The Hall–Kier alpha value is -3.48. The minimum atomic E-state index is -0.259. The third-order valence-electron chi connectivity index (χ3n) is 3.43. The number of hydrogen-bond acceptors (Lipinski definition) is 4. The minimum absolute atomic E-state index is 0.187. The lowest BCUT2D eigenvalue weighted by atomic mass is 10.2. The molecule has 0 aliphatic rings. The second-order valence-electron chi connectivity index (χ2n) is 5.42. The molecule has 3 aromatic rings. The van der Waals surface area contributed by atoms with Crippen molar-refractivity contribution in [2.75, 3.05) is 5.32 Å². The molecule has 0 spiro atoms. The average molecular weight is 335 g/mol. The SMILES string of the molecule is CC(=O)Nc1cccc(C(=O)NCc2nc(-c3ccccc3)n[nH]2)c1. The second-order valence-corrected chi connectivity index (χ2v) is 5.42. The highest BCUT2D eigenvalue weighted by atomic mass is 16.2.